The Morgan fingerprint density at radius 1 is 1.62 bits per heavy atom. The number of aliphatic hydroxyl groups is 1. The standard InChI is InChI=1S/C11H14BrNO2S/c1-13(6-7-4-8(14)5-7)11(15)9-2-3-10(12)16-9/h2-3,7-8,14H,4-6H2,1H3. The second-order valence-electron chi connectivity index (χ2n) is 4.28. The van der Waals surface area contributed by atoms with Crippen LogP contribution in [0.4, 0.5) is 0 Å². The Kier molecular flexibility index (Phi) is 3.66. The molecule has 0 spiro atoms. The number of carbonyl (C=O) groups excluding carboxylic acids is 1. The normalized spacial score (nSPS) is 23.9. The van der Waals surface area contributed by atoms with Gasteiger partial charge in [0.1, 0.15) is 0 Å². The van der Waals surface area contributed by atoms with Crippen molar-refractivity contribution in [1.29, 1.82) is 0 Å². The molecule has 0 aliphatic heterocycles. The Morgan fingerprint density at radius 2 is 2.31 bits per heavy atom. The van der Waals surface area contributed by atoms with Crippen LogP contribution >= 0.6 is 27.3 Å². The summed E-state index contributed by atoms with van der Waals surface area (Å²) in [6, 6.07) is 3.72. The number of aliphatic hydroxyl groups excluding tert-OH is 1. The first-order chi connectivity index (χ1) is 7.56. The molecule has 0 bridgehead atoms. The van der Waals surface area contributed by atoms with Crippen LogP contribution in [0.15, 0.2) is 15.9 Å². The zero-order chi connectivity index (χ0) is 11.7. The lowest BCUT2D eigenvalue weighted by atomic mass is 9.82. The average molecular weight is 304 g/mol. The molecule has 0 atom stereocenters. The van der Waals surface area contributed by atoms with E-state index in [0.29, 0.717) is 5.92 Å². The van der Waals surface area contributed by atoms with Crippen LogP contribution in [-0.4, -0.2) is 35.6 Å². The molecule has 88 valence electrons. The van der Waals surface area contributed by atoms with Gasteiger partial charge in [-0.15, -0.1) is 11.3 Å². The predicted molar refractivity (Wildman–Crippen MR) is 67.7 cm³/mol. The highest BCUT2D eigenvalue weighted by Gasteiger charge is 2.29. The van der Waals surface area contributed by atoms with E-state index in [1.807, 2.05) is 19.2 Å². The molecule has 1 aromatic heterocycles. The number of hydrogen-bond donors (Lipinski definition) is 1. The van der Waals surface area contributed by atoms with E-state index in [9.17, 15) is 9.90 Å². The predicted octanol–water partition coefficient (Wildman–Crippen LogP) is 2.35. The van der Waals surface area contributed by atoms with Gasteiger partial charge < -0.3 is 10.0 Å². The molecule has 1 saturated carbocycles. The number of hydrogen-bond acceptors (Lipinski definition) is 3. The topological polar surface area (TPSA) is 40.5 Å². The SMILES string of the molecule is CN(CC1CC(O)C1)C(=O)c1ccc(Br)s1. The maximum atomic E-state index is 12.0. The molecule has 1 N–H and O–H groups in total. The minimum absolute atomic E-state index is 0.0667. The Labute approximate surface area is 107 Å². The highest BCUT2D eigenvalue weighted by atomic mass is 79.9. The molecule has 5 heteroatoms. The third-order valence-corrected chi connectivity index (χ3v) is 4.49. The summed E-state index contributed by atoms with van der Waals surface area (Å²) >= 11 is 4.80. The van der Waals surface area contributed by atoms with Gasteiger partial charge in [-0.3, -0.25) is 4.79 Å². The number of halogens is 1. The third kappa shape index (κ3) is 2.64. The monoisotopic (exact) mass is 303 g/mol. The fourth-order valence-electron chi connectivity index (χ4n) is 1.94. The van der Waals surface area contributed by atoms with Crippen molar-refractivity contribution in [1.82, 2.24) is 4.90 Å². The fraction of sp³-hybridized carbons (Fsp3) is 0.545. The molecule has 1 amide bonds. The summed E-state index contributed by atoms with van der Waals surface area (Å²) in [5, 5.41) is 9.18. The van der Waals surface area contributed by atoms with Gasteiger partial charge >= 0.3 is 0 Å². The van der Waals surface area contributed by atoms with Crippen LogP contribution < -0.4 is 0 Å². The van der Waals surface area contributed by atoms with E-state index in [-0.39, 0.29) is 12.0 Å². The minimum Gasteiger partial charge on any atom is -0.393 e. The lowest BCUT2D eigenvalue weighted by Gasteiger charge is -2.34. The summed E-state index contributed by atoms with van der Waals surface area (Å²) in [4.78, 5) is 14.5. The number of thiophene rings is 1. The van der Waals surface area contributed by atoms with Crippen molar-refractivity contribution < 1.29 is 9.90 Å². The van der Waals surface area contributed by atoms with Gasteiger partial charge in [0.05, 0.1) is 14.8 Å². The van der Waals surface area contributed by atoms with Crippen molar-refractivity contribution in [3.8, 4) is 0 Å². The first-order valence-corrected chi connectivity index (χ1v) is 6.86. The number of nitrogens with zero attached hydrogens (tertiary/aromatic N) is 1. The molecule has 0 radical (unpaired) electrons. The zero-order valence-electron chi connectivity index (χ0n) is 9.02. The Bertz CT molecular complexity index is 387. The summed E-state index contributed by atoms with van der Waals surface area (Å²) < 4.78 is 0.975. The molecule has 1 aromatic rings. The highest BCUT2D eigenvalue weighted by molar-refractivity contribution is 9.11. The molecular formula is C11H14BrNO2S. The smallest absolute Gasteiger partial charge is 0.263 e. The van der Waals surface area contributed by atoms with Gasteiger partial charge in [0.25, 0.3) is 5.91 Å². The lowest BCUT2D eigenvalue weighted by molar-refractivity contribution is 0.0266. The molecule has 1 heterocycles. The second kappa shape index (κ2) is 4.85. The van der Waals surface area contributed by atoms with Crippen molar-refractivity contribution in [3.63, 3.8) is 0 Å². The maximum absolute atomic E-state index is 12.0. The van der Waals surface area contributed by atoms with E-state index >= 15 is 0 Å². The molecule has 3 nitrogen and oxygen atoms in total. The first-order valence-electron chi connectivity index (χ1n) is 5.25. The number of carbonyl (C=O) groups is 1. The van der Waals surface area contributed by atoms with Crippen molar-refractivity contribution >= 4 is 33.2 Å². The molecule has 2 rings (SSSR count). The van der Waals surface area contributed by atoms with E-state index in [2.05, 4.69) is 15.9 Å². The van der Waals surface area contributed by atoms with Gasteiger partial charge in [0.15, 0.2) is 0 Å². The first kappa shape index (κ1) is 12.1. The molecular weight excluding hydrogens is 290 g/mol. The van der Waals surface area contributed by atoms with Crippen LogP contribution in [0.2, 0.25) is 0 Å². The van der Waals surface area contributed by atoms with Crippen molar-refractivity contribution in [2.45, 2.75) is 18.9 Å². The summed E-state index contributed by atoms with van der Waals surface area (Å²) in [6.45, 7) is 0.741. The van der Waals surface area contributed by atoms with Crippen LogP contribution in [0, 0.1) is 5.92 Å². The maximum Gasteiger partial charge on any atom is 0.263 e. The van der Waals surface area contributed by atoms with E-state index < -0.39 is 0 Å². The van der Waals surface area contributed by atoms with Crippen molar-refractivity contribution in [2.24, 2.45) is 5.92 Å². The van der Waals surface area contributed by atoms with Crippen molar-refractivity contribution in [3.05, 3.63) is 20.8 Å². The van der Waals surface area contributed by atoms with Crippen LogP contribution in [-0.2, 0) is 0 Å². The molecule has 0 aromatic carbocycles. The van der Waals surface area contributed by atoms with Gasteiger partial charge in [-0.2, -0.15) is 0 Å². The molecule has 1 aliphatic carbocycles. The minimum atomic E-state index is -0.149. The molecule has 16 heavy (non-hydrogen) atoms. The molecule has 1 aliphatic rings. The molecule has 0 saturated heterocycles. The van der Waals surface area contributed by atoms with Gasteiger partial charge in [-0.05, 0) is 46.8 Å². The number of amides is 1. The molecule has 0 unspecified atom stereocenters. The van der Waals surface area contributed by atoms with E-state index in [4.69, 9.17) is 0 Å². The van der Waals surface area contributed by atoms with Gasteiger partial charge in [-0.1, -0.05) is 0 Å². The average Bonchev–Trinajstić information content (AvgIpc) is 2.61. The lowest BCUT2D eigenvalue weighted by Crippen LogP contribution is -2.39. The summed E-state index contributed by atoms with van der Waals surface area (Å²) in [6.07, 6.45) is 1.50. The Morgan fingerprint density at radius 3 is 2.81 bits per heavy atom. The quantitative estimate of drug-likeness (QED) is 0.931. The Balaban J connectivity index is 1.89. The number of rotatable bonds is 3. The highest BCUT2D eigenvalue weighted by Crippen LogP contribution is 2.29. The van der Waals surface area contributed by atoms with Gasteiger partial charge in [0.2, 0.25) is 0 Å². The summed E-state index contributed by atoms with van der Waals surface area (Å²) in [5.41, 5.74) is 0. The Hall–Kier alpha value is -0.390. The third-order valence-electron chi connectivity index (χ3n) is 2.87. The van der Waals surface area contributed by atoms with Crippen LogP contribution in [0.25, 0.3) is 0 Å². The summed E-state index contributed by atoms with van der Waals surface area (Å²) in [5.74, 6) is 0.532. The fourth-order valence-corrected chi connectivity index (χ4v) is 3.32. The van der Waals surface area contributed by atoms with Crippen LogP contribution in [0.1, 0.15) is 22.5 Å². The largest absolute Gasteiger partial charge is 0.393 e. The second-order valence-corrected chi connectivity index (χ2v) is 6.74. The summed E-state index contributed by atoms with van der Waals surface area (Å²) in [7, 11) is 1.82. The zero-order valence-corrected chi connectivity index (χ0v) is 11.4. The van der Waals surface area contributed by atoms with Crippen molar-refractivity contribution in [2.75, 3.05) is 13.6 Å². The van der Waals surface area contributed by atoms with Crippen LogP contribution in [0.5, 0.6) is 0 Å². The van der Waals surface area contributed by atoms with Gasteiger partial charge in [0, 0.05) is 13.6 Å². The van der Waals surface area contributed by atoms with E-state index in [1.54, 1.807) is 4.90 Å². The van der Waals surface area contributed by atoms with E-state index in [0.717, 1.165) is 28.0 Å². The van der Waals surface area contributed by atoms with E-state index in [1.165, 1.54) is 11.3 Å². The van der Waals surface area contributed by atoms with Crippen LogP contribution in [0.3, 0.4) is 0 Å². The van der Waals surface area contributed by atoms with Gasteiger partial charge in [-0.25, -0.2) is 0 Å². The molecule has 1 fully saturated rings.